The Morgan fingerprint density at radius 3 is 2.56 bits per heavy atom. The van der Waals surface area contributed by atoms with Crippen LogP contribution in [0.15, 0.2) is 30.3 Å². The molecule has 1 aromatic carbocycles. The second kappa shape index (κ2) is 8.62. The number of benzene rings is 1. The zero-order valence-electron chi connectivity index (χ0n) is 14.5. The van der Waals surface area contributed by atoms with Crippen LogP contribution in [0.5, 0.6) is 0 Å². The maximum absolute atomic E-state index is 12.8. The summed E-state index contributed by atoms with van der Waals surface area (Å²) in [7, 11) is 0. The number of ether oxygens (including phenoxy) is 1. The highest BCUT2D eigenvalue weighted by Gasteiger charge is 2.34. The SMILES string of the molecule is CC(C)C(NC(=O)Cc1ccccc1)C(=O)N1CCOC(C(=O)O)C1. The number of morpholine rings is 1. The Morgan fingerprint density at radius 2 is 1.96 bits per heavy atom. The van der Waals surface area contributed by atoms with Crippen molar-refractivity contribution in [3.05, 3.63) is 35.9 Å². The van der Waals surface area contributed by atoms with Crippen molar-refractivity contribution in [2.75, 3.05) is 19.7 Å². The summed E-state index contributed by atoms with van der Waals surface area (Å²) in [6.07, 6.45) is -0.830. The van der Waals surface area contributed by atoms with Crippen LogP contribution in [0.2, 0.25) is 0 Å². The van der Waals surface area contributed by atoms with E-state index in [1.807, 2.05) is 44.2 Å². The van der Waals surface area contributed by atoms with E-state index >= 15 is 0 Å². The number of nitrogens with zero attached hydrogens (tertiary/aromatic N) is 1. The maximum atomic E-state index is 12.8. The molecule has 1 heterocycles. The van der Waals surface area contributed by atoms with E-state index in [0.29, 0.717) is 6.54 Å². The van der Waals surface area contributed by atoms with Crippen molar-refractivity contribution < 1.29 is 24.2 Å². The summed E-state index contributed by atoms with van der Waals surface area (Å²) in [6.45, 7) is 4.18. The molecule has 25 heavy (non-hydrogen) atoms. The van der Waals surface area contributed by atoms with Crippen LogP contribution in [0.1, 0.15) is 19.4 Å². The summed E-state index contributed by atoms with van der Waals surface area (Å²) in [5, 5.41) is 11.9. The first kappa shape index (κ1) is 18.9. The van der Waals surface area contributed by atoms with Crippen molar-refractivity contribution in [1.29, 1.82) is 0 Å². The van der Waals surface area contributed by atoms with Gasteiger partial charge in [-0.3, -0.25) is 9.59 Å². The van der Waals surface area contributed by atoms with Gasteiger partial charge >= 0.3 is 5.97 Å². The van der Waals surface area contributed by atoms with Gasteiger partial charge in [-0.2, -0.15) is 0 Å². The van der Waals surface area contributed by atoms with Crippen LogP contribution in [0.4, 0.5) is 0 Å². The third-order valence-corrected chi connectivity index (χ3v) is 4.11. The van der Waals surface area contributed by atoms with Gasteiger partial charge in [0.1, 0.15) is 6.04 Å². The minimum Gasteiger partial charge on any atom is -0.479 e. The van der Waals surface area contributed by atoms with Gasteiger partial charge < -0.3 is 20.1 Å². The van der Waals surface area contributed by atoms with Crippen molar-refractivity contribution in [2.24, 2.45) is 5.92 Å². The summed E-state index contributed by atoms with van der Waals surface area (Å²) in [5.41, 5.74) is 0.868. The molecule has 0 bridgehead atoms. The Kier molecular flexibility index (Phi) is 6.52. The molecule has 1 saturated heterocycles. The molecule has 136 valence electrons. The number of hydrogen-bond acceptors (Lipinski definition) is 4. The first-order chi connectivity index (χ1) is 11.9. The highest BCUT2D eigenvalue weighted by molar-refractivity contribution is 5.89. The van der Waals surface area contributed by atoms with Gasteiger partial charge in [0.05, 0.1) is 19.6 Å². The maximum Gasteiger partial charge on any atom is 0.334 e. The van der Waals surface area contributed by atoms with E-state index in [4.69, 9.17) is 9.84 Å². The Bertz CT molecular complexity index is 617. The van der Waals surface area contributed by atoms with Crippen LogP contribution in [0.3, 0.4) is 0 Å². The van der Waals surface area contributed by atoms with Gasteiger partial charge in [-0.1, -0.05) is 44.2 Å². The lowest BCUT2D eigenvalue weighted by Crippen LogP contribution is -2.56. The Balaban J connectivity index is 2.00. The second-order valence-corrected chi connectivity index (χ2v) is 6.43. The van der Waals surface area contributed by atoms with Gasteiger partial charge in [-0.05, 0) is 11.5 Å². The van der Waals surface area contributed by atoms with E-state index in [1.54, 1.807) is 0 Å². The number of nitrogens with one attached hydrogen (secondary N) is 1. The fourth-order valence-corrected chi connectivity index (χ4v) is 2.71. The minimum absolute atomic E-state index is 0.00799. The third kappa shape index (κ3) is 5.29. The molecule has 0 aromatic heterocycles. The van der Waals surface area contributed by atoms with Crippen molar-refractivity contribution in [3.63, 3.8) is 0 Å². The summed E-state index contributed by atoms with van der Waals surface area (Å²) in [4.78, 5) is 37.6. The molecule has 1 aromatic rings. The third-order valence-electron chi connectivity index (χ3n) is 4.11. The van der Waals surface area contributed by atoms with Gasteiger partial charge in [0.15, 0.2) is 6.10 Å². The van der Waals surface area contributed by atoms with Crippen LogP contribution in [0.25, 0.3) is 0 Å². The molecule has 2 N–H and O–H groups in total. The first-order valence-corrected chi connectivity index (χ1v) is 8.35. The number of aliphatic carboxylic acids is 1. The average Bonchev–Trinajstić information content (AvgIpc) is 2.60. The number of amides is 2. The minimum atomic E-state index is -1.09. The van der Waals surface area contributed by atoms with E-state index < -0.39 is 18.1 Å². The molecule has 0 spiro atoms. The van der Waals surface area contributed by atoms with Gasteiger partial charge in [-0.25, -0.2) is 4.79 Å². The van der Waals surface area contributed by atoms with Crippen LogP contribution in [-0.2, 0) is 25.5 Å². The lowest BCUT2D eigenvalue weighted by Gasteiger charge is -2.34. The summed E-state index contributed by atoms with van der Waals surface area (Å²) < 4.78 is 5.14. The van der Waals surface area contributed by atoms with Crippen LogP contribution in [-0.4, -0.2) is 59.6 Å². The molecule has 0 aliphatic carbocycles. The molecule has 1 fully saturated rings. The molecule has 1 aliphatic rings. The highest BCUT2D eigenvalue weighted by atomic mass is 16.5. The van der Waals surface area contributed by atoms with Crippen molar-refractivity contribution in [2.45, 2.75) is 32.4 Å². The van der Waals surface area contributed by atoms with Crippen molar-refractivity contribution in [3.8, 4) is 0 Å². The molecule has 2 unspecified atom stereocenters. The van der Waals surface area contributed by atoms with E-state index in [9.17, 15) is 14.4 Å². The number of carbonyl (C=O) groups excluding carboxylic acids is 2. The molecule has 2 atom stereocenters. The van der Waals surface area contributed by atoms with E-state index in [-0.39, 0.29) is 37.3 Å². The Hall–Kier alpha value is -2.41. The number of rotatable bonds is 6. The summed E-state index contributed by atoms with van der Waals surface area (Å²) >= 11 is 0. The van der Waals surface area contributed by atoms with Gasteiger partial charge in [0.25, 0.3) is 0 Å². The van der Waals surface area contributed by atoms with Crippen molar-refractivity contribution >= 4 is 17.8 Å². The summed E-state index contributed by atoms with van der Waals surface area (Å²) in [6, 6.07) is 8.60. The molecule has 1 aliphatic heterocycles. The fourth-order valence-electron chi connectivity index (χ4n) is 2.71. The monoisotopic (exact) mass is 348 g/mol. The predicted octanol–water partition coefficient (Wildman–Crippen LogP) is 0.682. The second-order valence-electron chi connectivity index (χ2n) is 6.43. The van der Waals surface area contributed by atoms with Crippen LogP contribution in [0, 0.1) is 5.92 Å². The number of carbonyl (C=O) groups is 3. The molecule has 0 saturated carbocycles. The summed E-state index contributed by atoms with van der Waals surface area (Å²) in [5.74, 6) is -1.71. The van der Waals surface area contributed by atoms with E-state index in [1.165, 1.54) is 4.90 Å². The lowest BCUT2D eigenvalue weighted by atomic mass is 10.0. The standard InChI is InChI=1S/C18H24N2O5/c1-12(2)16(19-15(21)10-13-6-4-3-5-7-13)17(22)20-8-9-25-14(11-20)18(23)24/h3-7,12,14,16H,8-11H2,1-2H3,(H,19,21)(H,23,24). The quantitative estimate of drug-likeness (QED) is 0.788. The average molecular weight is 348 g/mol. The predicted molar refractivity (Wildman–Crippen MR) is 90.9 cm³/mol. The smallest absolute Gasteiger partial charge is 0.334 e. The van der Waals surface area contributed by atoms with Crippen molar-refractivity contribution in [1.82, 2.24) is 10.2 Å². The molecular weight excluding hydrogens is 324 g/mol. The zero-order chi connectivity index (χ0) is 18.4. The van der Waals surface area contributed by atoms with E-state index in [0.717, 1.165) is 5.56 Å². The van der Waals surface area contributed by atoms with Gasteiger partial charge in [0, 0.05) is 6.54 Å². The Labute approximate surface area is 147 Å². The molecule has 2 rings (SSSR count). The molecular formula is C18H24N2O5. The van der Waals surface area contributed by atoms with Gasteiger partial charge in [-0.15, -0.1) is 0 Å². The molecule has 7 nitrogen and oxygen atoms in total. The number of carboxylic acid groups (broad SMARTS) is 1. The molecule has 7 heteroatoms. The topological polar surface area (TPSA) is 95.9 Å². The molecule has 0 radical (unpaired) electrons. The number of carboxylic acids is 1. The number of hydrogen-bond donors (Lipinski definition) is 2. The zero-order valence-corrected chi connectivity index (χ0v) is 14.5. The normalized spacial score (nSPS) is 18.7. The van der Waals surface area contributed by atoms with E-state index in [2.05, 4.69) is 5.32 Å². The largest absolute Gasteiger partial charge is 0.479 e. The fraction of sp³-hybridized carbons (Fsp3) is 0.500. The Morgan fingerprint density at radius 1 is 1.28 bits per heavy atom. The van der Waals surface area contributed by atoms with Crippen LogP contribution >= 0.6 is 0 Å². The first-order valence-electron chi connectivity index (χ1n) is 8.35. The highest BCUT2D eigenvalue weighted by Crippen LogP contribution is 2.12. The van der Waals surface area contributed by atoms with Gasteiger partial charge in [0.2, 0.25) is 11.8 Å². The van der Waals surface area contributed by atoms with Crippen LogP contribution < -0.4 is 5.32 Å². The molecule has 2 amide bonds. The lowest BCUT2D eigenvalue weighted by molar-refractivity contribution is -0.160.